The minimum Gasteiger partial charge on any atom is -0.480 e. The van der Waals surface area contributed by atoms with E-state index in [0.29, 0.717) is 35.9 Å². The molecule has 1 unspecified atom stereocenters. The summed E-state index contributed by atoms with van der Waals surface area (Å²) in [5.74, 6) is -0.734. The number of amides is 1. The second-order valence-corrected chi connectivity index (χ2v) is 5.78. The Morgan fingerprint density at radius 3 is 3.00 bits per heavy atom. The van der Waals surface area contributed by atoms with Crippen LogP contribution < -0.4 is 4.74 Å². The highest BCUT2D eigenvalue weighted by Gasteiger charge is 2.34. The minimum atomic E-state index is -0.957. The van der Waals surface area contributed by atoms with Crippen LogP contribution in [0.5, 0.6) is 10.9 Å². The van der Waals surface area contributed by atoms with Crippen LogP contribution in [0, 0.1) is 0 Å². The summed E-state index contributed by atoms with van der Waals surface area (Å²) in [6, 6.07) is 5.98. The van der Waals surface area contributed by atoms with Gasteiger partial charge in [0, 0.05) is 23.7 Å². The summed E-state index contributed by atoms with van der Waals surface area (Å²) in [5, 5.41) is 11.5. The van der Waals surface area contributed by atoms with E-state index in [4.69, 9.17) is 4.74 Å². The Balaban J connectivity index is 1.79. The Kier molecular flexibility index (Phi) is 4.06. The lowest BCUT2D eigenvalue weighted by molar-refractivity contribution is -0.141. The number of ether oxygens (including phenoxy) is 1. The van der Waals surface area contributed by atoms with Crippen LogP contribution in [-0.2, 0) is 4.79 Å². The maximum atomic E-state index is 12.5. The van der Waals surface area contributed by atoms with E-state index in [1.807, 2.05) is 0 Å². The number of likely N-dealkylation sites (tertiary alicyclic amines) is 1. The van der Waals surface area contributed by atoms with Crippen LogP contribution in [0.15, 0.2) is 35.8 Å². The van der Waals surface area contributed by atoms with Gasteiger partial charge in [0.05, 0.1) is 0 Å². The quantitative estimate of drug-likeness (QED) is 0.937. The third kappa shape index (κ3) is 2.94. The zero-order chi connectivity index (χ0) is 15.5. The summed E-state index contributed by atoms with van der Waals surface area (Å²) >= 11 is 1.36. The highest BCUT2D eigenvalue weighted by atomic mass is 32.1. The number of aromatic nitrogens is 1. The van der Waals surface area contributed by atoms with E-state index in [2.05, 4.69) is 4.98 Å². The molecule has 22 heavy (non-hydrogen) atoms. The molecule has 6 nitrogen and oxygen atoms in total. The van der Waals surface area contributed by atoms with Gasteiger partial charge in [0.2, 0.25) is 0 Å². The largest absolute Gasteiger partial charge is 0.480 e. The molecule has 1 atom stereocenters. The van der Waals surface area contributed by atoms with Gasteiger partial charge in [-0.05, 0) is 31.0 Å². The molecule has 0 aliphatic carbocycles. The van der Waals surface area contributed by atoms with Crippen molar-refractivity contribution in [2.45, 2.75) is 18.9 Å². The van der Waals surface area contributed by atoms with Crippen molar-refractivity contribution in [2.75, 3.05) is 6.54 Å². The predicted octanol–water partition coefficient (Wildman–Crippen LogP) is 2.62. The highest BCUT2D eigenvalue weighted by Crippen LogP contribution is 2.26. The van der Waals surface area contributed by atoms with Crippen molar-refractivity contribution >= 4 is 23.2 Å². The Morgan fingerprint density at radius 1 is 1.41 bits per heavy atom. The normalized spacial score (nSPS) is 17.5. The first-order valence-electron chi connectivity index (χ1n) is 6.86. The second-order valence-electron chi connectivity index (χ2n) is 4.92. The van der Waals surface area contributed by atoms with Crippen LogP contribution >= 0.6 is 11.3 Å². The first-order chi connectivity index (χ1) is 10.6. The molecular weight excluding hydrogens is 304 g/mol. The number of thiazole rings is 1. The molecule has 0 spiro atoms. The average Bonchev–Trinajstić information content (AvgIpc) is 3.17. The van der Waals surface area contributed by atoms with Gasteiger partial charge in [-0.2, -0.15) is 0 Å². The molecule has 1 fully saturated rings. The monoisotopic (exact) mass is 318 g/mol. The number of rotatable bonds is 4. The molecule has 2 heterocycles. The van der Waals surface area contributed by atoms with Crippen LogP contribution in [-0.4, -0.2) is 39.5 Å². The molecule has 1 saturated heterocycles. The fourth-order valence-corrected chi connectivity index (χ4v) is 2.99. The third-order valence-electron chi connectivity index (χ3n) is 3.49. The van der Waals surface area contributed by atoms with Gasteiger partial charge in [-0.1, -0.05) is 17.4 Å². The standard InChI is InChI=1S/C15H14N2O4S/c18-13(17-7-2-5-12(17)14(19)20)10-3-1-4-11(9-10)21-15-16-6-8-22-15/h1,3-4,6,8-9,12H,2,5,7H2,(H,19,20). The Hall–Kier alpha value is -2.41. The molecule has 2 aromatic rings. The van der Waals surface area contributed by atoms with Crippen molar-refractivity contribution in [1.29, 1.82) is 0 Å². The summed E-state index contributed by atoms with van der Waals surface area (Å²) < 4.78 is 5.57. The summed E-state index contributed by atoms with van der Waals surface area (Å²) in [4.78, 5) is 29.1. The van der Waals surface area contributed by atoms with Crippen LogP contribution in [0.3, 0.4) is 0 Å². The lowest BCUT2D eigenvalue weighted by atomic mass is 10.1. The lowest BCUT2D eigenvalue weighted by Crippen LogP contribution is -2.40. The first kappa shape index (κ1) is 14.5. The molecule has 0 radical (unpaired) electrons. The van der Waals surface area contributed by atoms with E-state index in [1.165, 1.54) is 16.2 Å². The van der Waals surface area contributed by atoms with Gasteiger partial charge in [-0.15, -0.1) is 0 Å². The van der Waals surface area contributed by atoms with Crippen LogP contribution in [0.2, 0.25) is 0 Å². The number of carbonyl (C=O) groups is 2. The number of hydrogen-bond acceptors (Lipinski definition) is 5. The van der Waals surface area contributed by atoms with Crippen LogP contribution in [0.4, 0.5) is 0 Å². The van der Waals surface area contributed by atoms with Crippen LogP contribution in [0.25, 0.3) is 0 Å². The van der Waals surface area contributed by atoms with Crippen molar-refractivity contribution in [3.05, 3.63) is 41.4 Å². The molecule has 0 saturated carbocycles. The zero-order valence-electron chi connectivity index (χ0n) is 11.6. The number of carboxylic acids is 1. The fourth-order valence-electron chi connectivity index (χ4n) is 2.49. The molecule has 1 amide bonds. The van der Waals surface area contributed by atoms with Gasteiger partial charge >= 0.3 is 5.97 Å². The van der Waals surface area contributed by atoms with Crippen molar-refractivity contribution in [1.82, 2.24) is 9.88 Å². The van der Waals surface area contributed by atoms with Gasteiger partial charge in [0.25, 0.3) is 11.1 Å². The van der Waals surface area contributed by atoms with Crippen molar-refractivity contribution < 1.29 is 19.4 Å². The lowest BCUT2D eigenvalue weighted by Gasteiger charge is -2.21. The average molecular weight is 318 g/mol. The first-order valence-corrected chi connectivity index (χ1v) is 7.74. The Morgan fingerprint density at radius 2 is 2.27 bits per heavy atom. The van der Waals surface area contributed by atoms with Gasteiger partial charge in [-0.25, -0.2) is 9.78 Å². The summed E-state index contributed by atoms with van der Waals surface area (Å²) in [5.41, 5.74) is 0.419. The molecule has 0 bridgehead atoms. The predicted molar refractivity (Wildman–Crippen MR) is 80.3 cm³/mol. The molecule has 7 heteroatoms. The van der Waals surface area contributed by atoms with Gasteiger partial charge in [0.1, 0.15) is 11.8 Å². The van der Waals surface area contributed by atoms with E-state index in [-0.39, 0.29) is 5.91 Å². The molecule has 1 aromatic carbocycles. The fraction of sp³-hybridized carbons (Fsp3) is 0.267. The Bertz CT molecular complexity index is 687. The summed E-state index contributed by atoms with van der Waals surface area (Å²) in [7, 11) is 0. The number of nitrogens with zero attached hydrogens (tertiary/aromatic N) is 2. The molecule has 3 rings (SSSR count). The molecule has 1 N–H and O–H groups in total. The zero-order valence-corrected chi connectivity index (χ0v) is 12.5. The SMILES string of the molecule is O=C(O)C1CCCN1C(=O)c1cccc(Oc2nccs2)c1. The molecule has 1 aromatic heterocycles. The maximum Gasteiger partial charge on any atom is 0.326 e. The number of hydrogen-bond donors (Lipinski definition) is 1. The summed E-state index contributed by atoms with van der Waals surface area (Å²) in [6.45, 7) is 0.466. The molecule has 114 valence electrons. The van der Waals surface area contributed by atoms with Gasteiger partial charge in [-0.3, -0.25) is 4.79 Å². The topological polar surface area (TPSA) is 79.7 Å². The number of aliphatic carboxylic acids is 1. The van der Waals surface area contributed by atoms with E-state index in [0.717, 1.165) is 0 Å². The maximum absolute atomic E-state index is 12.5. The van der Waals surface area contributed by atoms with Gasteiger partial charge in [0.15, 0.2) is 0 Å². The van der Waals surface area contributed by atoms with E-state index < -0.39 is 12.0 Å². The molecule has 1 aliphatic heterocycles. The van der Waals surface area contributed by atoms with Crippen molar-refractivity contribution in [3.63, 3.8) is 0 Å². The second kappa shape index (κ2) is 6.15. The smallest absolute Gasteiger partial charge is 0.326 e. The third-order valence-corrected chi connectivity index (χ3v) is 4.14. The number of benzene rings is 1. The molecule has 1 aliphatic rings. The highest BCUT2D eigenvalue weighted by molar-refractivity contribution is 7.11. The number of carboxylic acid groups (broad SMARTS) is 1. The van der Waals surface area contributed by atoms with E-state index in [1.54, 1.807) is 35.8 Å². The van der Waals surface area contributed by atoms with Crippen molar-refractivity contribution in [3.8, 4) is 10.9 Å². The van der Waals surface area contributed by atoms with Crippen molar-refractivity contribution in [2.24, 2.45) is 0 Å². The van der Waals surface area contributed by atoms with Crippen LogP contribution in [0.1, 0.15) is 23.2 Å². The summed E-state index contributed by atoms with van der Waals surface area (Å²) in [6.07, 6.45) is 2.84. The Labute approximate surface area is 131 Å². The van der Waals surface area contributed by atoms with E-state index in [9.17, 15) is 14.7 Å². The number of carbonyl (C=O) groups excluding carboxylic acids is 1. The molecular formula is C15H14N2O4S. The van der Waals surface area contributed by atoms with Gasteiger partial charge < -0.3 is 14.7 Å². The van der Waals surface area contributed by atoms with E-state index >= 15 is 0 Å². The minimum absolute atomic E-state index is 0.283.